The molecular weight excluding hydrogens is 134 g/mol. The predicted molar refractivity (Wildman–Crippen MR) is 34.1 cm³/mol. The molecule has 10 heavy (non-hydrogen) atoms. The largest absolute Gasteiger partial charge is 0.481 e. The maximum atomic E-state index is 9.99. The van der Waals surface area contributed by atoms with Crippen molar-refractivity contribution in [2.24, 2.45) is 0 Å². The van der Waals surface area contributed by atoms with Gasteiger partial charge in [-0.05, 0) is 0 Å². The minimum Gasteiger partial charge on any atom is -0.481 e. The molecule has 1 amide bonds. The highest BCUT2D eigenvalue weighted by Gasteiger charge is 2.06. The number of terminal acetylenes is 1. The topological polar surface area (TPSA) is 66.4 Å². The fourth-order valence-electron chi connectivity index (χ4n) is 0.423. The minimum atomic E-state index is -1.03. The molecular formula is C6H7NO3. The van der Waals surface area contributed by atoms with Crippen molar-refractivity contribution in [1.29, 1.82) is 0 Å². The fourth-order valence-corrected chi connectivity index (χ4v) is 0.423. The first kappa shape index (κ1) is 8.50. The zero-order valence-electron chi connectivity index (χ0n) is 5.20. The molecule has 0 spiro atoms. The van der Waals surface area contributed by atoms with Crippen molar-refractivity contribution in [2.75, 3.05) is 0 Å². The first-order valence-corrected chi connectivity index (χ1v) is 2.58. The summed E-state index contributed by atoms with van der Waals surface area (Å²) in [6.07, 6.45) is 5.01. The van der Waals surface area contributed by atoms with E-state index in [0.717, 1.165) is 0 Å². The molecule has 0 saturated carbocycles. The normalized spacial score (nSPS) is 11.1. The summed E-state index contributed by atoms with van der Waals surface area (Å²) in [6.45, 7) is 0. The van der Waals surface area contributed by atoms with Gasteiger partial charge in [-0.25, -0.2) is 0 Å². The number of carbonyl (C=O) groups is 2. The van der Waals surface area contributed by atoms with E-state index >= 15 is 0 Å². The zero-order valence-corrected chi connectivity index (χ0v) is 5.20. The fraction of sp³-hybridized carbons (Fsp3) is 0.333. The predicted octanol–water partition coefficient (Wildman–Crippen LogP) is -0.791. The van der Waals surface area contributed by atoms with Crippen LogP contribution in [0.4, 0.5) is 0 Å². The van der Waals surface area contributed by atoms with Gasteiger partial charge in [0.25, 0.3) is 0 Å². The summed E-state index contributed by atoms with van der Waals surface area (Å²) in [7, 11) is 0. The quantitative estimate of drug-likeness (QED) is 0.398. The van der Waals surface area contributed by atoms with Crippen LogP contribution in [0.1, 0.15) is 6.42 Å². The molecule has 0 heterocycles. The Hall–Kier alpha value is -1.50. The number of hydrogen-bond donors (Lipinski definition) is 2. The van der Waals surface area contributed by atoms with Crippen molar-refractivity contribution in [2.45, 2.75) is 12.5 Å². The molecule has 0 rings (SSSR count). The highest BCUT2D eigenvalue weighted by molar-refractivity contribution is 5.69. The van der Waals surface area contributed by atoms with Gasteiger partial charge in [-0.15, -0.1) is 6.42 Å². The van der Waals surface area contributed by atoms with E-state index in [4.69, 9.17) is 11.5 Å². The summed E-state index contributed by atoms with van der Waals surface area (Å²) in [5.41, 5.74) is 0. The van der Waals surface area contributed by atoms with E-state index in [1.54, 1.807) is 0 Å². The van der Waals surface area contributed by atoms with Crippen LogP contribution in [0.2, 0.25) is 0 Å². The van der Waals surface area contributed by atoms with Gasteiger partial charge in [0.1, 0.15) is 6.04 Å². The van der Waals surface area contributed by atoms with Gasteiger partial charge < -0.3 is 10.4 Å². The van der Waals surface area contributed by atoms with E-state index in [2.05, 4.69) is 11.2 Å². The SMILES string of the molecule is C#C[C@H](CC(=O)O)NC=O. The molecule has 0 aliphatic rings. The highest BCUT2D eigenvalue weighted by Crippen LogP contribution is 1.87. The molecule has 0 saturated heterocycles. The number of amides is 1. The lowest BCUT2D eigenvalue weighted by Gasteiger charge is -2.03. The van der Waals surface area contributed by atoms with Gasteiger partial charge in [0.2, 0.25) is 6.41 Å². The van der Waals surface area contributed by atoms with Gasteiger partial charge in [0.15, 0.2) is 0 Å². The van der Waals surface area contributed by atoms with Crippen molar-refractivity contribution in [3.63, 3.8) is 0 Å². The Bertz CT molecular complexity index is 170. The van der Waals surface area contributed by atoms with Gasteiger partial charge in [0.05, 0.1) is 6.42 Å². The van der Waals surface area contributed by atoms with Gasteiger partial charge in [-0.1, -0.05) is 5.92 Å². The van der Waals surface area contributed by atoms with Crippen molar-refractivity contribution < 1.29 is 14.7 Å². The van der Waals surface area contributed by atoms with Crippen molar-refractivity contribution >= 4 is 12.4 Å². The van der Waals surface area contributed by atoms with Crippen LogP contribution in [-0.2, 0) is 9.59 Å². The average molecular weight is 141 g/mol. The highest BCUT2D eigenvalue weighted by atomic mass is 16.4. The van der Waals surface area contributed by atoms with Crippen LogP contribution in [0.3, 0.4) is 0 Å². The number of hydrogen-bond acceptors (Lipinski definition) is 2. The molecule has 0 unspecified atom stereocenters. The first-order chi connectivity index (χ1) is 4.70. The summed E-state index contributed by atoms with van der Waals surface area (Å²) < 4.78 is 0. The van der Waals surface area contributed by atoms with Crippen LogP contribution >= 0.6 is 0 Å². The standard InChI is InChI=1S/C6H7NO3/c1-2-5(7-4-8)3-6(9)10/h1,4-5H,3H2,(H,7,8)(H,9,10)/t5-/m1/s1. The molecule has 1 atom stereocenters. The molecule has 0 aromatic heterocycles. The third kappa shape index (κ3) is 3.50. The maximum Gasteiger partial charge on any atom is 0.306 e. The third-order valence-corrected chi connectivity index (χ3v) is 0.849. The number of carboxylic acid groups (broad SMARTS) is 1. The Morgan fingerprint density at radius 1 is 1.90 bits per heavy atom. The summed E-state index contributed by atoms with van der Waals surface area (Å²) in [5.74, 6) is 1.08. The lowest BCUT2D eigenvalue weighted by atomic mass is 10.2. The molecule has 0 aromatic rings. The summed E-state index contributed by atoms with van der Waals surface area (Å²) in [6, 6.07) is -0.699. The second-order valence-corrected chi connectivity index (χ2v) is 1.60. The molecule has 0 radical (unpaired) electrons. The third-order valence-electron chi connectivity index (χ3n) is 0.849. The lowest BCUT2D eigenvalue weighted by Crippen LogP contribution is -2.28. The summed E-state index contributed by atoms with van der Waals surface area (Å²) in [5, 5.41) is 10.4. The Morgan fingerprint density at radius 3 is 2.80 bits per heavy atom. The summed E-state index contributed by atoms with van der Waals surface area (Å²) in [4.78, 5) is 19.7. The molecule has 4 heteroatoms. The number of carbonyl (C=O) groups excluding carboxylic acids is 1. The molecule has 4 nitrogen and oxygen atoms in total. The van der Waals surface area contributed by atoms with Crippen LogP contribution in [0, 0.1) is 12.3 Å². The van der Waals surface area contributed by atoms with Crippen LogP contribution in [0.25, 0.3) is 0 Å². The Labute approximate surface area is 58.2 Å². The molecule has 0 fully saturated rings. The van der Waals surface area contributed by atoms with E-state index in [1.807, 2.05) is 0 Å². The first-order valence-electron chi connectivity index (χ1n) is 2.58. The Kier molecular flexibility index (Phi) is 3.73. The van der Waals surface area contributed by atoms with Crippen LogP contribution in [0.15, 0.2) is 0 Å². The molecule has 0 aliphatic heterocycles. The van der Waals surface area contributed by atoms with E-state index in [-0.39, 0.29) is 6.42 Å². The van der Waals surface area contributed by atoms with E-state index in [0.29, 0.717) is 6.41 Å². The second-order valence-electron chi connectivity index (χ2n) is 1.60. The number of carboxylic acids is 1. The second kappa shape index (κ2) is 4.39. The molecule has 2 N–H and O–H groups in total. The smallest absolute Gasteiger partial charge is 0.306 e. The number of rotatable bonds is 4. The van der Waals surface area contributed by atoms with Gasteiger partial charge in [0, 0.05) is 0 Å². The van der Waals surface area contributed by atoms with Crippen LogP contribution < -0.4 is 5.32 Å². The van der Waals surface area contributed by atoms with Crippen molar-refractivity contribution in [3.05, 3.63) is 0 Å². The molecule has 0 aromatic carbocycles. The molecule has 0 bridgehead atoms. The van der Waals surface area contributed by atoms with E-state index in [1.165, 1.54) is 0 Å². The van der Waals surface area contributed by atoms with E-state index in [9.17, 15) is 9.59 Å². The monoisotopic (exact) mass is 141 g/mol. The van der Waals surface area contributed by atoms with Crippen molar-refractivity contribution in [1.82, 2.24) is 5.32 Å². The van der Waals surface area contributed by atoms with Gasteiger partial charge in [-0.3, -0.25) is 9.59 Å². The van der Waals surface area contributed by atoms with E-state index < -0.39 is 12.0 Å². The number of aliphatic carboxylic acids is 1. The minimum absolute atomic E-state index is 0.241. The zero-order chi connectivity index (χ0) is 7.98. The summed E-state index contributed by atoms with van der Waals surface area (Å²) >= 11 is 0. The molecule has 54 valence electrons. The lowest BCUT2D eigenvalue weighted by molar-refractivity contribution is -0.137. The molecule has 0 aliphatic carbocycles. The Morgan fingerprint density at radius 2 is 2.50 bits per heavy atom. The van der Waals surface area contributed by atoms with Gasteiger partial charge >= 0.3 is 5.97 Å². The number of nitrogens with one attached hydrogen (secondary N) is 1. The Balaban J connectivity index is 3.74. The average Bonchev–Trinajstić information content (AvgIpc) is 1.86. The van der Waals surface area contributed by atoms with Gasteiger partial charge in [-0.2, -0.15) is 0 Å². The van der Waals surface area contributed by atoms with Crippen LogP contribution in [-0.4, -0.2) is 23.5 Å². The van der Waals surface area contributed by atoms with Crippen molar-refractivity contribution in [3.8, 4) is 12.3 Å². The van der Waals surface area contributed by atoms with Crippen LogP contribution in [0.5, 0.6) is 0 Å². The maximum absolute atomic E-state index is 9.99.